The zero-order valence-corrected chi connectivity index (χ0v) is 22.4. The molecule has 7 heterocycles. The smallest absolute Gasteiger partial charge is 0.147 e. The lowest BCUT2D eigenvalue weighted by Gasteiger charge is -2.56. The van der Waals surface area contributed by atoms with E-state index >= 15 is 0 Å². The van der Waals surface area contributed by atoms with Crippen molar-refractivity contribution in [1.82, 2.24) is 29.8 Å². The van der Waals surface area contributed by atoms with E-state index in [1.165, 1.54) is 28.0 Å². The van der Waals surface area contributed by atoms with Crippen molar-refractivity contribution in [3.8, 4) is 28.8 Å². The second-order valence-corrected chi connectivity index (χ2v) is 9.88. The number of ether oxygens (including phenoxy) is 3. The minimum atomic E-state index is -2.60. The molecule has 210 valence electrons. The number of rotatable bonds is 8. The fourth-order valence-corrected chi connectivity index (χ4v) is 5.07. The highest BCUT2D eigenvalue weighted by Crippen LogP contribution is 2.36. The third-order valence-electron chi connectivity index (χ3n) is 7.26. The number of nitrogens with zero attached hydrogens (tertiary/aromatic N) is 7. The van der Waals surface area contributed by atoms with Crippen molar-refractivity contribution in [3.05, 3.63) is 66.2 Å². The van der Waals surface area contributed by atoms with Crippen molar-refractivity contribution in [2.24, 2.45) is 0 Å². The Morgan fingerprint density at radius 3 is 2.73 bits per heavy atom. The lowest BCUT2D eigenvalue weighted by atomic mass is 9.87. The summed E-state index contributed by atoms with van der Waals surface area (Å²) in [6.45, 7) is -2.90. The van der Waals surface area contributed by atoms with Gasteiger partial charge in [0.1, 0.15) is 36.1 Å². The molecule has 4 fully saturated rings. The van der Waals surface area contributed by atoms with Crippen molar-refractivity contribution >= 4 is 11.3 Å². The minimum absolute atomic E-state index is 0.00115. The molecule has 0 aliphatic carbocycles. The summed E-state index contributed by atoms with van der Waals surface area (Å²) in [5, 5.41) is 17.3. The average Bonchev–Trinajstić information content (AvgIpc) is 3.49. The molecular formula is C30H32N8O3. The number of hydrogen-bond acceptors (Lipinski definition) is 10. The first kappa shape index (κ1) is 19.8. The number of anilines is 1. The van der Waals surface area contributed by atoms with Crippen molar-refractivity contribution in [1.29, 1.82) is 5.26 Å². The van der Waals surface area contributed by atoms with Crippen molar-refractivity contribution in [2.45, 2.75) is 31.1 Å². The monoisotopic (exact) mass is 558 g/mol. The maximum atomic E-state index is 9.75. The number of benzene rings is 1. The third kappa shape index (κ3) is 5.06. The lowest BCUT2D eigenvalue weighted by molar-refractivity contribution is -0.00870. The Labute approximate surface area is 246 Å². The number of nitriles is 1. The summed E-state index contributed by atoms with van der Waals surface area (Å²) in [6.07, 6.45) is 5.18. The molecule has 3 unspecified atom stereocenters. The molecule has 3 aromatic heterocycles. The molecule has 11 heteroatoms. The summed E-state index contributed by atoms with van der Waals surface area (Å²) >= 11 is 0. The molecule has 1 aromatic carbocycles. The summed E-state index contributed by atoms with van der Waals surface area (Å²) in [6, 6.07) is 6.91. The molecule has 0 amide bonds. The number of hydrogen-bond donors (Lipinski definition) is 1. The Kier molecular flexibility index (Phi) is 5.29. The molecule has 4 aliphatic heterocycles. The zero-order valence-electron chi connectivity index (χ0n) is 28.4. The average molecular weight is 559 g/mol. The standard InChI is InChI=1S/C30H32N8O3/c1-39-24-4-2-20(3-5-24)15-37-22-8-23(37)17-36(16-22)29-14-33-28(13-34-29)27-9-25(41-19-26-12-32-6-7-40-26)18-38-30(27)21(10-31)11-35-38/h2-5,9,11,13-14,18,22-23,26,32H,6-8,12,15-17,19H2,1H3/i16D2,17D2,22D,23D. The predicted octanol–water partition coefficient (Wildman–Crippen LogP) is 2.50. The molecule has 4 aromatic rings. The van der Waals surface area contributed by atoms with Gasteiger partial charge in [-0.25, -0.2) is 9.50 Å². The van der Waals surface area contributed by atoms with Crippen LogP contribution in [0.15, 0.2) is 55.1 Å². The summed E-state index contributed by atoms with van der Waals surface area (Å²) in [7, 11) is 1.54. The SMILES string of the molecule is [2H]C1([2H])N(c2cnc(-c3cc(OCC4CNCCO4)cn4ncc(C#N)c34)cn2)C([2H])([2H])C2([2H])CC1([2H])N2Cc1ccc(OC)cc1. The van der Waals surface area contributed by atoms with Crippen molar-refractivity contribution in [3.63, 3.8) is 0 Å². The van der Waals surface area contributed by atoms with E-state index in [1.54, 1.807) is 43.6 Å². The van der Waals surface area contributed by atoms with Crippen LogP contribution in [0, 0.1) is 11.3 Å². The van der Waals surface area contributed by atoms with E-state index in [9.17, 15) is 8.00 Å². The van der Waals surface area contributed by atoms with Gasteiger partial charge in [-0.15, -0.1) is 0 Å². The van der Waals surface area contributed by atoms with Gasteiger partial charge >= 0.3 is 0 Å². The van der Waals surface area contributed by atoms with Crippen LogP contribution >= 0.6 is 0 Å². The van der Waals surface area contributed by atoms with E-state index in [-0.39, 0.29) is 31.5 Å². The van der Waals surface area contributed by atoms with Gasteiger partial charge in [-0.3, -0.25) is 9.88 Å². The number of methoxy groups -OCH3 is 1. The van der Waals surface area contributed by atoms with Crippen LogP contribution in [-0.2, 0) is 11.3 Å². The number of piperidine rings is 1. The summed E-state index contributed by atoms with van der Waals surface area (Å²) in [5.41, 5.74) is 2.24. The summed E-state index contributed by atoms with van der Waals surface area (Å²) in [4.78, 5) is 11.0. The highest BCUT2D eigenvalue weighted by Gasteiger charge is 2.44. The van der Waals surface area contributed by atoms with Crippen LogP contribution in [0.3, 0.4) is 0 Å². The van der Waals surface area contributed by atoms with Gasteiger partial charge in [0.05, 0.1) is 60.8 Å². The van der Waals surface area contributed by atoms with Gasteiger partial charge in [-0.2, -0.15) is 10.4 Å². The van der Waals surface area contributed by atoms with E-state index in [0.29, 0.717) is 52.6 Å². The number of morpholine rings is 1. The molecular weight excluding hydrogens is 520 g/mol. The van der Waals surface area contributed by atoms with Crippen LogP contribution in [0.5, 0.6) is 11.5 Å². The Bertz CT molecular complexity index is 1820. The Hall–Kier alpha value is -4.24. The highest BCUT2D eigenvalue weighted by atomic mass is 16.5. The van der Waals surface area contributed by atoms with Crippen molar-refractivity contribution in [2.75, 3.05) is 51.3 Å². The predicted molar refractivity (Wildman–Crippen MR) is 152 cm³/mol. The van der Waals surface area contributed by atoms with Crippen LogP contribution in [0.25, 0.3) is 16.8 Å². The van der Waals surface area contributed by atoms with Gasteiger partial charge in [-0.05, 0) is 30.2 Å². The van der Waals surface area contributed by atoms with Crippen LogP contribution in [-0.4, -0.2) is 89.0 Å². The quantitative estimate of drug-likeness (QED) is 0.346. The molecule has 41 heavy (non-hydrogen) atoms. The maximum Gasteiger partial charge on any atom is 0.147 e. The second kappa shape index (κ2) is 11.0. The molecule has 2 bridgehead atoms. The molecule has 3 atom stereocenters. The first-order chi connectivity index (χ1) is 22.4. The number of pyridine rings is 1. The summed E-state index contributed by atoms with van der Waals surface area (Å²) < 4.78 is 73.0. The van der Waals surface area contributed by atoms with E-state index in [4.69, 9.17) is 19.7 Å². The fourth-order valence-electron chi connectivity index (χ4n) is 5.07. The topological polar surface area (TPSA) is 113 Å². The van der Waals surface area contributed by atoms with E-state index in [0.717, 1.165) is 11.4 Å². The van der Waals surface area contributed by atoms with E-state index in [1.807, 2.05) is 0 Å². The van der Waals surface area contributed by atoms with E-state index < -0.39 is 25.0 Å². The van der Waals surface area contributed by atoms with Gasteiger partial charge < -0.3 is 24.4 Å². The highest BCUT2D eigenvalue weighted by molar-refractivity contribution is 5.83. The zero-order chi connectivity index (χ0) is 33.2. The summed E-state index contributed by atoms with van der Waals surface area (Å²) in [5.74, 6) is 0.912. The molecule has 0 radical (unpaired) electrons. The Morgan fingerprint density at radius 1 is 1.17 bits per heavy atom. The number of nitrogens with one attached hydrogen (secondary N) is 1. The Morgan fingerprint density at radius 2 is 2.02 bits per heavy atom. The molecule has 4 aliphatic rings. The first-order valence-corrected chi connectivity index (χ1v) is 13.3. The lowest BCUT2D eigenvalue weighted by Crippen LogP contribution is -2.68. The number of fused-ring (bicyclic) bond motifs is 3. The van der Waals surface area contributed by atoms with Gasteiger partial charge in [0, 0.05) is 53.0 Å². The van der Waals surface area contributed by atoms with Gasteiger partial charge in [0.2, 0.25) is 0 Å². The number of piperazine rings is 1. The second-order valence-electron chi connectivity index (χ2n) is 9.88. The minimum Gasteiger partial charge on any atom is -0.497 e. The van der Waals surface area contributed by atoms with Crippen LogP contribution in [0.1, 0.15) is 25.8 Å². The van der Waals surface area contributed by atoms with E-state index in [2.05, 4.69) is 26.5 Å². The first-order valence-electron chi connectivity index (χ1n) is 16.3. The number of aromatic nitrogens is 4. The molecule has 1 N–H and O–H groups in total. The Balaban J connectivity index is 1.20. The van der Waals surface area contributed by atoms with Gasteiger partial charge in [0.25, 0.3) is 0 Å². The third-order valence-corrected chi connectivity index (χ3v) is 7.26. The van der Waals surface area contributed by atoms with Crippen LogP contribution in [0.4, 0.5) is 5.82 Å². The molecule has 11 nitrogen and oxygen atoms in total. The van der Waals surface area contributed by atoms with Gasteiger partial charge in [0.15, 0.2) is 0 Å². The molecule has 4 saturated heterocycles. The van der Waals surface area contributed by atoms with Gasteiger partial charge in [-0.1, -0.05) is 12.1 Å². The molecule has 0 spiro atoms. The van der Waals surface area contributed by atoms with Crippen molar-refractivity contribution < 1.29 is 22.4 Å². The fraction of sp³-hybridized carbons (Fsp3) is 0.400. The molecule has 0 saturated carbocycles. The molecule has 8 rings (SSSR count). The largest absolute Gasteiger partial charge is 0.497 e. The van der Waals surface area contributed by atoms with Crippen LogP contribution < -0.4 is 19.7 Å². The van der Waals surface area contributed by atoms with Crippen LogP contribution in [0.2, 0.25) is 0 Å². The maximum absolute atomic E-state index is 9.75. The normalized spacial score (nSPS) is 30.4.